The van der Waals surface area contributed by atoms with Crippen LogP contribution in [-0.2, 0) is 9.53 Å². The quantitative estimate of drug-likeness (QED) is 0.476. The molecular formula is C23H25N3O3S. The van der Waals surface area contributed by atoms with Crippen LogP contribution in [0.4, 0.5) is 0 Å². The van der Waals surface area contributed by atoms with Crippen LogP contribution in [0.25, 0.3) is 16.6 Å². The molecule has 3 aromatic rings. The van der Waals surface area contributed by atoms with Gasteiger partial charge in [0.2, 0.25) is 5.91 Å². The molecule has 2 aromatic carbocycles. The molecule has 1 fully saturated rings. The first-order chi connectivity index (χ1) is 14.5. The number of carbonyl (C=O) groups excluding carboxylic acids is 1. The fourth-order valence-corrected chi connectivity index (χ4v) is 4.79. The van der Waals surface area contributed by atoms with Crippen LogP contribution in [0.2, 0.25) is 0 Å². The zero-order valence-electron chi connectivity index (χ0n) is 17.4. The van der Waals surface area contributed by atoms with Crippen LogP contribution in [0.5, 0.6) is 0 Å². The number of para-hydroxylation sites is 2. The minimum Gasteiger partial charge on any atom is -0.378 e. The van der Waals surface area contributed by atoms with E-state index in [0.717, 1.165) is 16.8 Å². The summed E-state index contributed by atoms with van der Waals surface area (Å²) in [6.07, 6.45) is 0. The van der Waals surface area contributed by atoms with Gasteiger partial charge in [0.15, 0.2) is 5.16 Å². The van der Waals surface area contributed by atoms with Gasteiger partial charge in [0.25, 0.3) is 5.56 Å². The first-order valence-electron chi connectivity index (χ1n) is 10.1. The monoisotopic (exact) mass is 423 g/mol. The highest BCUT2D eigenvalue weighted by atomic mass is 32.2. The van der Waals surface area contributed by atoms with Gasteiger partial charge in [-0.15, -0.1) is 0 Å². The van der Waals surface area contributed by atoms with E-state index in [2.05, 4.69) is 0 Å². The highest BCUT2D eigenvalue weighted by Crippen LogP contribution is 2.28. The molecule has 0 spiro atoms. The molecule has 6 nitrogen and oxygen atoms in total. The van der Waals surface area contributed by atoms with Crippen LogP contribution in [0.1, 0.15) is 18.1 Å². The Bertz CT molecular complexity index is 1130. The maximum absolute atomic E-state index is 13.5. The van der Waals surface area contributed by atoms with Crippen molar-refractivity contribution in [2.45, 2.75) is 31.2 Å². The molecule has 2 heterocycles. The fraction of sp³-hybridized carbons (Fsp3) is 0.348. The van der Waals surface area contributed by atoms with Gasteiger partial charge in [-0.3, -0.25) is 14.2 Å². The normalized spacial score (nSPS) is 15.4. The number of amides is 1. The number of benzene rings is 2. The molecule has 1 amide bonds. The molecule has 1 saturated heterocycles. The van der Waals surface area contributed by atoms with Gasteiger partial charge >= 0.3 is 0 Å². The lowest BCUT2D eigenvalue weighted by Crippen LogP contribution is -2.44. The second kappa shape index (κ2) is 8.62. The molecule has 0 aliphatic carbocycles. The number of thioether (sulfide) groups is 1. The number of hydrogen-bond donors (Lipinski definition) is 0. The topological polar surface area (TPSA) is 64.4 Å². The summed E-state index contributed by atoms with van der Waals surface area (Å²) in [6.45, 7) is 8.16. The Kier molecular flexibility index (Phi) is 5.92. The first-order valence-corrected chi connectivity index (χ1v) is 11.0. The number of ether oxygens (including phenoxy) is 1. The molecule has 1 aromatic heterocycles. The van der Waals surface area contributed by atoms with Crippen LogP contribution in [0.3, 0.4) is 0 Å². The molecular weight excluding hydrogens is 398 g/mol. The van der Waals surface area contributed by atoms with E-state index in [1.807, 2.05) is 62.1 Å². The van der Waals surface area contributed by atoms with Crippen molar-refractivity contribution in [2.24, 2.45) is 0 Å². The van der Waals surface area contributed by atoms with E-state index in [9.17, 15) is 9.59 Å². The van der Waals surface area contributed by atoms with Gasteiger partial charge in [-0.1, -0.05) is 42.1 Å². The number of aromatic nitrogens is 2. The molecule has 0 bridgehead atoms. The van der Waals surface area contributed by atoms with E-state index in [4.69, 9.17) is 9.72 Å². The molecule has 0 radical (unpaired) electrons. The third kappa shape index (κ3) is 3.87. The molecule has 1 unspecified atom stereocenters. The van der Waals surface area contributed by atoms with Gasteiger partial charge in [0, 0.05) is 13.1 Å². The van der Waals surface area contributed by atoms with Gasteiger partial charge in [0.1, 0.15) is 0 Å². The van der Waals surface area contributed by atoms with Crippen LogP contribution in [0.15, 0.2) is 52.4 Å². The van der Waals surface area contributed by atoms with Crippen LogP contribution < -0.4 is 5.56 Å². The second-order valence-electron chi connectivity index (χ2n) is 7.49. The molecule has 0 N–H and O–H groups in total. The van der Waals surface area contributed by atoms with Crippen molar-refractivity contribution in [3.63, 3.8) is 0 Å². The van der Waals surface area contributed by atoms with Crippen molar-refractivity contribution < 1.29 is 9.53 Å². The van der Waals surface area contributed by atoms with Crippen molar-refractivity contribution >= 4 is 28.6 Å². The summed E-state index contributed by atoms with van der Waals surface area (Å²) in [6, 6.07) is 13.3. The molecule has 1 aliphatic rings. The smallest absolute Gasteiger partial charge is 0.266 e. The Balaban J connectivity index is 1.82. The molecule has 1 atom stereocenters. The number of nitrogens with zero attached hydrogens (tertiary/aromatic N) is 3. The Morgan fingerprint density at radius 2 is 1.73 bits per heavy atom. The van der Waals surface area contributed by atoms with Crippen LogP contribution in [0, 0.1) is 13.8 Å². The van der Waals surface area contributed by atoms with Gasteiger partial charge in [-0.25, -0.2) is 4.98 Å². The van der Waals surface area contributed by atoms with Crippen LogP contribution in [-0.4, -0.2) is 51.9 Å². The number of hydrogen-bond acceptors (Lipinski definition) is 5. The molecule has 30 heavy (non-hydrogen) atoms. The predicted molar refractivity (Wildman–Crippen MR) is 120 cm³/mol. The van der Waals surface area contributed by atoms with E-state index in [1.54, 1.807) is 10.6 Å². The van der Waals surface area contributed by atoms with E-state index >= 15 is 0 Å². The number of morpholine rings is 1. The highest BCUT2D eigenvalue weighted by molar-refractivity contribution is 8.00. The summed E-state index contributed by atoms with van der Waals surface area (Å²) in [4.78, 5) is 33.1. The number of aryl methyl sites for hydroxylation is 2. The van der Waals surface area contributed by atoms with Crippen LogP contribution >= 0.6 is 11.8 Å². The van der Waals surface area contributed by atoms with Gasteiger partial charge < -0.3 is 9.64 Å². The van der Waals surface area contributed by atoms with Crippen molar-refractivity contribution in [2.75, 3.05) is 26.3 Å². The third-order valence-electron chi connectivity index (χ3n) is 5.36. The Labute approximate surface area is 179 Å². The Morgan fingerprint density at radius 3 is 2.43 bits per heavy atom. The maximum Gasteiger partial charge on any atom is 0.266 e. The van der Waals surface area contributed by atoms with Crippen molar-refractivity contribution in [3.05, 3.63) is 63.9 Å². The van der Waals surface area contributed by atoms with Crippen molar-refractivity contribution in [1.29, 1.82) is 0 Å². The molecule has 156 valence electrons. The largest absolute Gasteiger partial charge is 0.378 e. The zero-order valence-corrected chi connectivity index (χ0v) is 18.2. The summed E-state index contributed by atoms with van der Waals surface area (Å²) < 4.78 is 7.02. The molecule has 1 aliphatic heterocycles. The number of fused-ring (bicyclic) bond motifs is 1. The molecule has 0 saturated carbocycles. The molecule has 7 heteroatoms. The molecule has 4 rings (SSSR count). The van der Waals surface area contributed by atoms with Gasteiger partial charge in [-0.2, -0.15) is 0 Å². The standard InChI is InChI=1S/C23H25N3O3S/c1-15-7-6-8-16(2)20(15)26-22(28)18-9-4-5-10-19(18)24-23(26)30-17(3)21(27)25-11-13-29-14-12-25/h4-10,17H,11-14H2,1-3H3. The summed E-state index contributed by atoms with van der Waals surface area (Å²) in [7, 11) is 0. The summed E-state index contributed by atoms with van der Waals surface area (Å²) in [5.41, 5.74) is 3.32. The maximum atomic E-state index is 13.5. The van der Waals surface area contributed by atoms with Gasteiger partial charge in [-0.05, 0) is 44.0 Å². The van der Waals surface area contributed by atoms with Gasteiger partial charge in [0.05, 0.1) is 35.1 Å². The predicted octanol–water partition coefficient (Wildman–Crippen LogP) is 3.34. The SMILES string of the molecule is Cc1cccc(C)c1-n1c(SC(C)C(=O)N2CCOCC2)nc2ccccc2c1=O. The summed E-state index contributed by atoms with van der Waals surface area (Å²) >= 11 is 1.33. The second-order valence-corrected chi connectivity index (χ2v) is 8.80. The Morgan fingerprint density at radius 1 is 1.07 bits per heavy atom. The lowest BCUT2D eigenvalue weighted by atomic mass is 10.1. The van der Waals surface area contributed by atoms with Crippen molar-refractivity contribution in [1.82, 2.24) is 14.5 Å². The number of carbonyl (C=O) groups is 1. The minimum absolute atomic E-state index is 0.0405. The van der Waals surface area contributed by atoms with E-state index in [1.165, 1.54) is 11.8 Å². The van der Waals surface area contributed by atoms with E-state index in [0.29, 0.717) is 42.4 Å². The zero-order chi connectivity index (χ0) is 21.3. The lowest BCUT2D eigenvalue weighted by molar-refractivity contribution is -0.134. The highest BCUT2D eigenvalue weighted by Gasteiger charge is 2.26. The Hall–Kier alpha value is -2.64. The minimum atomic E-state index is -0.369. The summed E-state index contributed by atoms with van der Waals surface area (Å²) in [5, 5.41) is 0.730. The number of rotatable bonds is 4. The lowest BCUT2D eigenvalue weighted by Gasteiger charge is -2.29. The van der Waals surface area contributed by atoms with E-state index in [-0.39, 0.29) is 16.7 Å². The average molecular weight is 424 g/mol. The third-order valence-corrected chi connectivity index (χ3v) is 6.40. The first kappa shape index (κ1) is 20.6. The van der Waals surface area contributed by atoms with Crippen molar-refractivity contribution in [3.8, 4) is 5.69 Å². The van der Waals surface area contributed by atoms with E-state index < -0.39 is 0 Å². The fourth-order valence-electron chi connectivity index (χ4n) is 3.80. The summed E-state index contributed by atoms with van der Waals surface area (Å²) in [5.74, 6) is 0.0405. The average Bonchev–Trinajstić information content (AvgIpc) is 2.75.